The molecule has 1 aromatic carbocycles. The third-order valence-corrected chi connectivity index (χ3v) is 3.65. The van der Waals surface area contributed by atoms with Crippen molar-refractivity contribution >= 4 is 41.3 Å². The molecule has 0 unspecified atom stereocenters. The molecule has 2 rings (SSSR count). The van der Waals surface area contributed by atoms with Gasteiger partial charge in [-0.05, 0) is 0 Å². The molecule has 0 saturated carbocycles. The summed E-state index contributed by atoms with van der Waals surface area (Å²) in [6.45, 7) is 0.825. The first-order valence-electron chi connectivity index (χ1n) is 6.21. The Bertz CT molecular complexity index is 539. The maximum Gasteiger partial charge on any atom is 0.190 e. The van der Waals surface area contributed by atoms with Crippen LogP contribution in [0.25, 0.3) is 10.6 Å². The predicted molar refractivity (Wildman–Crippen MR) is 97.1 cm³/mol. The van der Waals surface area contributed by atoms with Gasteiger partial charge in [-0.25, -0.2) is 4.98 Å². The zero-order valence-electron chi connectivity index (χ0n) is 11.6. The number of rotatable bonds is 4. The Kier molecular flexibility index (Phi) is 7.53. The van der Waals surface area contributed by atoms with Crippen LogP contribution in [-0.4, -0.2) is 31.6 Å². The van der Waals surface area contributed by atoms with Gasteiger partial charge in [-0.2, -0.15) is 0 Å². The molecule has 0 amide bonds. The molecule has 1 heterocycles. The maximum absolute atomic E-state index is 4.65. The molecular formula is C14H19IN4S. The summed E-state index contributed by atoms with van der Waals surface area (Å²) in [6.07, 6.45) is 0.893. The molecule has 0 bridgehead atoms. The van der Waals surface area contributed by atoms with Crippen molar-refractivity contribution in [2.45, 2.75) is 6.42 Å². The maximum atomic E-state index is 4.65. The number of guanidine groups is 1. The first-order chi connectivity index (χ1) is 9.33. The fourth-order valence-corrected chi connectivity index (χ4v) is 2.58. The van der Waals surface area contributed by atoms with Gasteiger partial charge in [0.05, 0.1) is 5.69 Å². The largest absolute Gasteiger partial charge is 0.359 e. The van der Waals surface area contributed by atoms with E-state index >= 15 is 0 Å². The van der Waals surface area contributed by atoms with Gasteiger partial charge in [-0.3, -0.25) is 4.99 Å². The molecule has 108 valence electrons. The van der Waals surface area contributed by atoms with Crippen molar-refractivity contribution in [3.05, 3.63) is 41.4 Å². The van der Waals surface area contributed by atoms with E-state index in [1.54, 1.807) is 18.4 Å². The lowest BCUT2D eigenvalue weighted by atomic mass is 10.2. The summed E-state index contributed by atoms with van der Waals surface area (Å²) in [6, 6.07) is 10.3. The molecule has 20 heavy (non-hydrogen) atoms. The Morgan fingerprint density at radius 3 is 2.70 bits per heavy atom. The van der Waals surface area contributed by atoms with Gasteiger partial charge in [0, 0.05) is 38.0 Å². The monoisotopic (exact) mass is 402 g/mol. The van der Waals surface area contributed by atoms with Crippen LogP contribution < -0.4 is 10.6 Å². The SMILES string of the molecule is CN=C(NC)NCCc1csc(-c2ccccc2)n1.I. The highest BCUT2D eigenvalue weighted by Crippen LogP contribution is 2.23. The van der Waals surface area contributed by atoms with Crippen molar-refractivity contribution in [1.29, 1.82) is 0 Å². The van der Waals surface area contributed by atoms with Gasteiger partial charge in [-0.1, -0.05) is 30.3 Å². The summed E-state index contributed by atoms with van der Waals surface area (Å²) < 4.78 is 0. The number of benzene rings is 1. The first-order valence-corrected chi connectivity index (χ1v) is 7.09. The number of hydrogen-bond acceptors (Lipinski definition) is 3. The second kappa shape index (κ2) is 8.91. The summed E-state index contributed by atoms with van der Waals surface area (Å²) in [4.78, 5) is 8.71. The van der Waals surface area contributed by atoms with Crippen molar-refractivity contribution in [3.8, 4) is 10.6 Å². The number of thiazole rings is 1. The second-order valence-electron chi connectivity index (χ2n) is 4.01. The van der Waals surface area contributed by atoms with Gasteiger partial charge in [0.2, 0.25) is 0 Å². The van der Waals surface area contributed by atoms with E-state index < -0.39 is 0 Å². The molecule has 1 aromatic heterocycles. The smallest absolute Gasteiger partial charge is 0.190 e. The van der Waals surface area contributed by atoms with Crippen molar-refractivity contribution in [2.24, 2.45) is 4.99 Å². The van der Waals surface area contributed by atoms with Crippen molar-refractivity contribution in [2.75, 3.05) is 20.6 Å². The fraction of sp³-hybridized carbons (Fsp3) is 0.286. The zero-order chi connectivity index (χ0) is 13.5. The molecule has 4 nitrogen and oxygen atoms in total. The standard InChI is InChI=1S/C14H18N4S.HI/c1-15-14(16-2)17-9-8-12-10-19-13(18-12)11-6-4-3-5-7-11;/h3-7,10H,8-9H2,1-2H3,(H2,15,16,17);1H. The molecular weight excluding hydrogens is 383 g/mol. The van der Waals surface area contributed by atoms with E-state index in [1.807, 2.05) is 25.2 Å². The van der Waals surface area contributed by atoms with Gasteiger partial charge < -0.3 is 10.6 Å². The minimum atomic E-state index is 0. The molecule has 0 radical (unpaired) electrons. The number of nitrogens with zero attached hydrogens (tertiary/aromatic N) is 2. The van der Waals surface area contributed by atoms with Crippen LogP contribution in [0, 0.1) is 0 Å². The first kappa shape index (κ1) is 16.9. The number of aromatic nitrogens is 1. The van der Waals surface area contributed by atoms with E-state index in [4.69, 9.17) is 0 Å². The zero-order valence-corrected chi connectivity index (χ0v) is 14.7. The number of nitrogens with one attached hydrogen (secondary N) is 2. The van der Waals surface area contributed by atoms with Crippen LogP contribution in [0.5, 0.6) is 0 Å². The third kappa shape index (κ3) is 4.75. The summed E-state index contributed by atoms with van der Waals surface area (Å²) in [5.41, 5.74) is 2.29. The van der Waals surface area contributed by atoms with Crippen LogP contribution in [-0.2, 0) is 6.42 Å². The van der Waals surface area contributed by atoms with Crippen LogP contribution in [0.15, 0.2) is 40.7 Å². The predicted octanol–water partition coefficient (Wildman–Crippen LogP) is 2.77. The molecule has 0 aliphatic heterocycles. The molecule has 0 saturated heterocycles. The van der Waals surface area contributed by atoms with E-state index in [1.165, 1.54) is 5.56 Å². The van der Waals surface area contributed by atoms with Gasteiger partial charge in [-0.15, -0.1) is 35.3 Å². The van der Waals surface area contributed by atoms with Gasteiger partial charge >= 0.3 is 0 Å². The molecule has 0 aliphatic rings. The fourth-order valence-electron chi connectivity index (χ4n) is 1.72. The third-order valence-electron chi connectivity index (χ3n) is 2.71. The van der Waals surface area contributed by atoms with Crippen LogP contribution in [0.1, 0.15) is 5.69 Å². The second-order valence-corrected chi connectivity index (χ2v) is 4.87. The molecule has 0 aliphatic carbocycles. The molecule has 6 heteroatoms. The number of halogens is 1. The highest BCUT2D eigenvalue weighted by Gasteiger charge is 2.04. The van der Waals surface area contributed by atoms with Gasteiger partial charge in [0.1, 0.15) is 5.01 Å². The summed E-state index contributed by atoms with van der Waals surface area (Å²) in [7, 11) is 3.61. The van der Waals surface area contributed by atoms with Crippen LogP contribution in [0.2, 0.25) is 0 Å². The van der Waals surface area contributed by atoms with Crippen LogP contribution >= 0.6 is 35.3 Å². The molecule has 0 spiro atoms. The summed E-state index contributed by atoms with van der Waals surface area (Å²) in [5, 5.41) is 9.40. The number of aliphatic imine (C=N–C) groups is 1. The summed E-state index contributed by atoms with van der Waals surface area (Å²) in [5.74, 6) is 0.804. The Balaban J connectivity index is 0.00000200. The molecule has 0 fully saturated rings. The van der Waals surface area contributed by atoms with E-state index in [0.29, 0.717) is 0 Å². The normalized spacial score (nSPS) is 10.8. The van der Waals surface area contributed by atoms with Crippen LogP contribution in [0.3, 0.4) is 0 Å². The average Bonchev–Trinajstić information content (AvgIpc) is 2.93. The van der Waals surface area contributed by atoms with E-state index in [2.05, 4.69) is 38.1 Å². The molecule has 2 N–H and O–H groups in total. The van der Waals surface area contributed by atoms with Crippen LogP contribution in [0.4, 0.5) is 0 Å². The Morgan fingerprint density at radius 1 is 1.30 bits per heavy atom. The Hall–Kier alpha value is -1.15. The minimum Gasteiger partial charge on any atom is -0.359 e. The average molecular weight is 402 g/mol. The lowest BCUT2D eigenvalue weighted by Crippen LogP contribution is -2.35. The van der Waals surface area contributed by atoms with E-state index in [-0.39, 0.29) is 24.0 Å². The Morgan fingerprint density at radius 2 is 2.05 bits per heavy atom. The Labute approximate surface area is 140 Å². The minimum absolute atomic E-state index is 0. The van der Waals surface area contributed by atoms with Crippen molar-refractivity contribution in [3.63, 3.8) is 0 Å². The van der Waals surface area contributed by atoms with Crippen molar-refractivity contribution < 1.29 is 0 Å². The topological polar surface area (TPSA) is 49.3 Å². The summed E-state index contributed by atoms with van der Waals surface area (Å²) >= 11 is 1.69. The highest BCUT2D eigenvalue weighted by molar-refractivity contribution is 14.0. The van der Waals surface area contributed by atoms with Crippen molar-refractivity contribution in [1.82, 2.24) is 15.6 Å². The molecule has 0 atom stereocenters. The lowest BCUT2D eigenvalue weighted by molar-refractivity contribution is 0.821. The lowest BCUT2D eigenvalue weighted by Gasteiger charge is -2.06. The van der Waals surface area contributed by atoms with Gasteiger partial charge in [0.25, 0.3) is 0 Å². The number of hydrogen-bond donors (Lipinski definition) is 2. The van der Waals surface area contributed by atoms with E-state index in [9.17, 15) is 0 Å². The highest BCUT2D eigenvalue weighted by atomic mass is 127. The van der Waals surface area contributed by atoms with Gasteiger partial charge in [0.15, 0.2) is 5.96 Å². The van der Waals surface area contributed by atoms with E-state index in [0.717, 1.165) is 29.6 Å². The molecule has 2 aromatic rings. The quantitative estimate of drug-likeness (QED) is 0.470.